The Kier molecular flexibility index (Phi) is 4.45. The maximum Gasteiger partial charge on any atom is 0.244 e. The van der Waals surface area contributed by atoms with Crippen molar-refractivity contribution >= 4 is 46.6 Å². The van der Waals surface area contributed by atoms with E-state index < -0.39 is 0 Å². The topological polar surface area (TPSA) is 38.7 Å². The summed E-state index contributed by atoms with van der Waals surface area (Å²) in [4.78, 5) is 4.00. The first kappa shape index (κ1) is 12.9. The second kappa shape index (κ2) is 5.87. The zero-order valence-corrected chi connectivity index (χ0v) is 11.5. The largest absolute Gasteiger partial charge is 0.244 e. The zero-order valence-electron chi connectivity index (χ0n) is 8.40. The minimum absolute atomic E-state index is 0.0907. The lowest BCUT2D eigenvalue weighted by Crippen LogP contribution is -1.92. The minimum Gasteiger partial charge on any atom is -0.207 e. The molecule has 3 nitrogen and oxygen atoms in total. The monoisotopic (exact) mass is 305 g/mol. The number of nitrogens with zero attached hydrogens (tertiary/aromatic N) is 3. The van der Waals surface area contributed by atoms with Crippen LogP contribution in [0.15, 0.2) is 29.3 Å². The third-order valence-electron chi connectivity index (χ3n) is 1.88. The van der Waals surface area contributed by atoms with Gasteiger partial charge in [-0.25, -0.2) is 4.98 Å². The van der Waals surface area contributed by atoms with Gasteiger partial charge in [0.15, 0.2) is 5.15 Å². The highest BCUT2D eigenvalue weighted by atomic mass is 35.5. The van der Waals surface area contributed by atoms with Crippen LogP contribution in [0.2, 0.25) is 15.5 Å². The van der Waals surface area contributed by atoms with Crippen LogP contribution >= 0.6 is 46.6 Å². The average Bonchev–Trinajstić information content (AvgIpc) is 2.32. The molecule has 1 heterocycles. The maximum absolute atomic E-state index is 5.85. The Hall–Kier alpha value is -0.550. The minimum atomic E-state index is 0.0907. The standard InChI is InChI=1S/C10H6Cl3N3S/c11-7-3-1-6(2-4-7)5-17-9-8(12)15-16-10(13)14-9/h1-4H,5H2. The van der Waals surface area contributed by atoms with Crippen molar-refractivity contribution in [2.24, 2.45) is 0 Å². The van der Waals surface area contributed by atoms with Crippen LogP contribution in [0.25, 0.3) is 0 Å². The summed E-state index contributed by atoms with van der Waals surface area (Å²) in [6.45, 7) is 0. The summed E-state index contributed by atoms with van der Waals surface area (Å²) in [6.07, 6.45) is 0. The van der Waals surface area contributed by atoms with Crippen LogP contribution in [0.5, 0.6) is 0 Å². The number of hydrogen-bond acceptors (Lipinski definition) is 4. The molecule has 2 rings (SSSR count). The molecule has 0 fully saturated rings. The molecule has 17 heavy (non-hydrogen) atoms. The Morgan fingerprint density at radius 1 is 1.00 bits per heavy atom. The molecule has 7 heteroatoms. The molecule has 0 saturated heterocycles. The molecule has 88 valence electrons. The highest BCUT2D eigenvalue weighted by Crippen LogP contribution is 2.27. The molecule has 0 bridgehead atoms. The van der Waals surface area contributed by atoms with Crippen LogP contribution < -0.4 is 0 Å². The van der Waals surface area contributed by atoms with E-state index in [0.717, 1.165) is 5.56 Å². The molecule has 0 aliphatic heterocycles. The van der Waals surface area contributed by atoms with Gasteiger partial charge in [-0.15, -0.1) is 10.2 Å². The van der Waals surface area contributed by atoms with E-state index in [-0.39, 0.29) is 10.4 Å². The van der Waals surface area contributed by atoms with Gasteiger partial charge in [0.2, 0.25) is 5.28 Å². The predicted octanol–water partition coefficient (Wildman–Crippen LogP) is 4.12. The van der Waals surface area contributed by atoms with E-state index in [2.05, 4.69) is 15.2 Å². The van der Waals surface area contributed by atoms with Crippen molar-refractivity contribution < 1.29 is 0 Å². The number of rotatable bonds is 3. The van der Waals surface area contributed by atoms with Crippen LogP contribution in [-0.2, 0) is 5.75 Å². The second-order valence-electron chi connectivity index (χ2n) is 3.09. The summed E-state index contributed by atoms with van der Waals surface area (Å²) < 4.78 is 0. The number of halogens is 3. The van der Waals surface area contributed by atoms with E-state index in [1.807, 2.05) is 24.3 Å². The van der Waals surface area contributed by atoms with E-state index in [1.165, 1.54) is 11.8 Å². The molecule has 0 N–H and O–H groups in total. The first-order valence-electron chi connectivity index (χ1n) is 4.58. The van der Waals surface area contributed by atoms with Crippen LogP contribution in [-0.4, -0.2) is 15.2 Å². The number of thioether (sulfide) groups is 1. The van der Waals surface area contributed by atoms with Crippen LogP contribution in [0.3, 0.4) is 0 Å². The van der Waals surface area contributed by atoms with Crippen molar-refractivity contribution in [3.8, 4) is 0 Å². The van der Waals surface area contributed by atoms with E-state index in [1.54, 1.807) is 0 Å². The molecule has 0 amide bonds. The third kappa shape index (κ3) is 3.71. The highest BCUT2D eigenvalue weighted by molar-refractivity contribution is 7.98. The molecule has 0 aliphatic rings. The molecular formula is C10H6Cl3N3S. The first-order chi connectivity index (χ1) is 8.15. The normalized spacial score (nSPS) is 10.5. The summed E-state index contributed by atoms with van der Waals surface area (Å²) >= 11 is 18.7. The van der Waals surface area contributed by atoms with Crippen molar-refractivity contribution in [3.63, 3.8) is 0 Å². The summed E-state index contributed by atoms with van der Waals surface area (Å²) in [5.41, 5.74) is 1.12. The van der Waals surface area contributed by atoms with Gasteiger partial charge in [-0.2, -0.15) is 0 Å². The van der Waals surface area contributed by atoms with Gasteiger partial charge in [0.1, 0.15) is 5.03 Å². The third-order valence-corrected chi connectivity index (χ3v) is 3.69. The summed E-state index contributed by atoms with van der Waals surface area (Å²) in [5, 5.41) is 8.86. The molecule has 0 aliphatic carbocycles. The summed E-state index contributed by atoms with van der Waals surface area (Å²) in [7, 11) is 0. The molecule has 0 spiro atoms. The molecular weight excluding hydrogens is 301 g/mol. The Labute approximate surface area is 118 Å². The molecule has 0 unspecified atom stereocenters. The number of hydrogen-bond donors (Lipinski definition) is 0. The quantitative estimate of drug-likeness (QED) is 0.799. The van der Waals surface area contributed by atoms with Gasteiger partial charge in [-0.3, -0.25) is 0 Å². The van der Waals surface area contributed by atoms with E-state index in [0.29, 0.717) is 15.8 Å². The van der Waals surface area contributed by atoms with Crippen LogP contribution in [0.4, 0.5) is 0 Å². The smallest absolute Gasteiger partial charge is 0.207 e. The van der Waals surface area contributed by atoms with Gasteiger partial charge in [-0.05, 0) is 29.3 Å². The molecule has 0 saturated carbocycles. The molecule has 2 aromatic rings. The SMILES string of the molecule is Clc1ccc(CSc2nc(Cl)nnc2Cl)cc1. The Balaban J connectivity index is 2.07. The Morgan fingerprint density at radius 3 is 2.41 bits per heavy atom. The molecule has 0 radical (unpaired) electrons. The molecule has 1 aromatic carbocycles. The zero-order chi connectivity index (χ0) is 12.3. The lowest BCUT2D eigenvalue weighted by molar-refractivity contribution is 0.904. The van der Waals surface area contributed by atoms with Crippen LogP contribution in [0.1, 0.15) is 5.56 Å². The van der Waals surface area contributed by atoms with Gasteiger partial charge >= 0.3 is 0 Å². The fourth-order valence-corrected chi connectivity index (χ4v) is 2.45. The molecule has 0 atom stereocenters. The van der Waals surface area contributed by atoms with E-state index in [9.17, 15) is 0 Å². The fourth-order valence-electron chi connectivity index (χ4n) is 1.10. The van der Waals surface area contributed by atoms with Crippen LogP contribution in [0, 0.1) is 0 Å². The van der Waals surface area contributed by atoms with Crippen molar-refractivity contribution in [1.82, 2.24) is 15.2 Å². The summed E-state index contributed by atoms with van der Waals surface area (Å²) in [5.74, 6) is 0.714. The lowest BCUT2D eigenvalue weighted by atomic mass is 10.2. The highest BCUT2D eigenvalue weighted by Gasteiger charge is 2.07. The Bertz CT molecular complexity index is 519. The maximum atomic E-state index is 5.85. The summed E-state index contributed by atoms with van der Waals surface area (Å²) in [6, 6.07) is 7.56. The lowest BCUT2D eigenvalue weighted by Gasteiger charge is -2.02. The Morgan fingerprint density at radius 2 is 1.71 bits per heavy atom. The van der Waals surface area contributed by atoms with Gasteiger partial charge < -0.3 is 0 Å². The van der Waals surface area contributed by atoms with Gasteiger partial charge in [0.05, 0.1) is 0 Å². The van der Waals surface area contributed by atoms with E-state index in [4.69, 9.17) is 34.8 Å². The van der Waals surface area contributed by atoms with Gasteiger partial charge in [0, 0.05) is 10.8 Å². The van der Waals surface area contributed by atoms with Crippen molar-refractivity contribution in [2.45, 2.75) is 10.8 Å². The predicted molar refractivity (Wildman–Crippen MR) is 70.9 cm³/mol. The van der Waals surface area contributed by atoms with Crippen molar-refractivity contribution in [3.05, 3.63) is 45.3 Å². The first-order valence-corrected chi connectivity index (χ1v) is 6.70. The number of benzene rings is 1. The van der Waals surface area contributed by atoms with Gasteiger partial charge in [0.25, 0.3) is 0 Å². The average molecular weight is 307 g/mol. The number of aromatic nitrogens is 3. The van der Waals surface area contributed by atoms with Gasteiger partial charge in [-0.1, -0.05) is 47.1 Å². The van der Waals surface area contributed by atoms with Crippen molar-refractivity contribution in [1.29, 1.82) is 0 Å². The fraction of sp³-hybridized carbons (Fsp3) is 0.100. The van der Waals surface area contributed by atoms with E-state index >= 15 is 0 Å². The second-order valence-corrected chi connectivity index (χ2v) is 5.19. The van der Waals surface area contributed by atoms with Crippen molar-refractivity contribution in [2.75, 3.05) is 0 Å². The molecule has 1 aromatic heterocycles.